The molecule has 2 aromatic rings. The number of carbonyl (C=O) groups excluding carboxylic acids is 1. The van der Waals surface area contributed by atoms with Crippen LogP contribution in [0.4, 0.5) is 5.69 Å². The molecule has 1 aliphatic heterocycles. The van der Waals surface area contributed by atoms with Crippen LogP contribution in [0.3, 0.4) is 0 Å². The Balaban J connectivity index is 1.17. The van der Waals surface area contributed by atoms with Crippen LogP contribution in [0, 0.1) is 5.92 Å². The lowest BCUT2D eigenvalue weighted by Gasteiger charge is -2.34. The molecule has 5 heteroatoms. The van der Waals surface area contributed by atoms with Crippen molar-refractivity contribution in [2.24, 2.45) is 5.92 Å². The molecule has 29 heavy (non-hydrogen) atoms. The van der Waals surface area contributed by atoms with Gasteiger partial charge in [-0.1, -0.05) is 37.8 Å². The van der Waals surface area contributed by atoms with Crippen LogP contribution in [0.1, 0.15) is 49.8 Å². The van der Waals surface area contributed by atoms with Gasteiger partial charge in [-0.15, -0.1) is 0 Å². The molecular formula is C24H33N3O2. The van der Waals surface area contributed by atoms with E-state index in [1.54, 1.807) is 6.26 Å². The number of carbonyl (C=O) groups is 1. The summed E-state index contributed by atoms with van der Waals surface area (Å²) in [5.41, 5.74) is 2.21. The highest BCUT2D eigenvalue weighted by Gasteiger charge is 2.18. The summed E-state index contributed by atoms with van der Waals surface area (Å²) in [7, 11) is 0. The molecule has 5 nitrogen and oxygen atoms in total. The van der Waals surface area contributed by atoms with Crippen molar-refractivity contribution in [3.63, 3.8) is 0 Å². The lowest BCUT2D eigenvalue weighted by molar-refractivity contribution is -0.116. The summed E-state index contributed by atoms with van der Waals surface area (Å²) in [6.45, 7) is 6.13. The Morgan fingerprint density at radius 1 is 0.966 bits per heavy atom. The lowest BCUT2D eigenvalue weighted by atomic mass is 10.0. The van der Waals surface area contributed by atoms with Gasteiger partial charge in [0.1, 0.15) is 5.76 Å². The summed E-state index contributed by atoms with van der Waals surface area (Å²) in [6, 6.07) is 12.4. The maximum absolute atomic E-state index is 12.2. The smallest absolute Gasteiger partial charge is 0.224 e. The van der Waals surface area contributed by atoms with Crippen molar-refractivity contribution in [2.45, 2.75) is 51.6 Å². The average molecular weight is 396 g/mol. The minimum atomic E-state index is 0.150. The number of piperazine rings is 1. The van der Waals surface area contributed by atoms with Gasteiger partial charge in [0.15, 0.2) is 0 Å². The maximum Gasteiger partial charge on any atom is 0.224 e. The van der Waals surface area contributed by atoms with Gasteiger partial charge < -0.3 is 9.73 Å². The summed E-state index contributed by atoms with van der Waals surface area (Å²) in [5, 5.41) is 3.06. The van der Waals surface area contributed by atoms with Crippen LogP contribution in [0.15, 0.2) is 47.1 Å². The molecule has 156 valence electrons. The summed E-state index contributed by atoms with van der Waals surface area (Å²) < 4.78 is 5.45. The van der Waals surface area contributed by atoms with Gasteiger partial charge in [0.25, 0.3) is 0 Å². The third kappa shape index (κ3) is 6.18. The standard InChI is InChI=1S/C24H33N3O2/c28-24(12-9-20-4-1-2-5-20)25-22-10-7-21(8-11-22)18-26-13-15-27(16-14-26)19-23-6-3-17-29-23/h3,6-8,10-11,17,20H,1-2,4-5,9,12-16,18-19H2,(H,25,28). The molecule has 1 aliphatic carbocycles. The van der Waals surface area contributed by atoms with E-state index >= 15 is 0 Å². The van der Waals surface area contributed by atoms with E-state index in [2.05, 4.69) is 27.2 Å². The van der Waals surface area contributed by atoms with Crippen LogP contribution in [-0.4, -0.2) is 41.9 Å². The number of nitrogens with one attached hydrogen (secondary N) is 1. The van der Waals surface area contributed by atoms with Crippen molar-refractivity contribution in [1.29, 1.82) is 0 Å². The third-order valence-electron chi connectivity index (χ3n) is 6.32. The summed E-state index contributed by atoms with van der Waals surface area (Å²) >= 11 is 0. The van der Waals surface area contributed by atoms with Crippen molar-refractivity contribution in [3.8, 4) is 0 Å². The topological polar surface area (TPSA) is 48.7 Å². The molecule has 0 bridgehead atoms. The van der Waals surface area contributed by atoms with Gasteiger partial charge in [-0.25, -0.2) is 0 Å². The Kier molecular flexibility index (Phi) is 7.01. The Morgan fingerprint density at radius 3 is 2.31 bits per heavy atom. The molecular weight excluding hydrogens is 362 g/mol. The zero-order valence-corrected chi connectivity index (χ0v) is 17.3. The largest absolute Gasteiger partial charge is 0.468 e. The SMILES string of the molecule is O=C(CCC1CCCC1)Nc1ccc(CN2CCN(Cc3ccco3)CC2)cc1. The minimum absolute atomic E-state index is 0.150. The van der Waals surface area contributed by atoms with Gasteiger partial charge in [0, 0.05) is 44.8 Å². The van der Waals surface area contributed by atoms with Crippen molar-refractivity contribution in [2.75, 3.05) is 31.5 Å². The lowest BCUT2D eigenvalue weighted by Crippen LogP contribution is -2.45. The third-order valence-corrected chi connectivity index (χ3v) is 6.32. The Labute approximate surface area is 174 Å². The second-order valence-electron chi connectivity index (χ2n) is 8.57. The highest BCUT2D eigenvalue weighted by Crippen LogP contribution is 2.28. The van der Waals surface area contributed by atoms with Gasteiger partial charge >= 0.3 is 0 Å². The van der Waals surface area contributed by atoms with Crippen LogP contribution in [0.2, 0.25) is 0 Å². The minimum Gasteiger partial charge on any atom is -0.468 e. The monoisotopic (exact) mass is 395 g/mol. The molecule has 2 aliphatic rings. The number of nitrogens with zero attached hydrogens (tertiary/aromatic N) is 2. The molecule has 1 aromatic heterocycles. The van der Waals surface area contributed by atoms with Crippen LogP contribution < -0.4 is 5.32 Å². The average Bonchev–Trinajstić information content (AvgIpc) is 3.44. The molecule has 0 atom stereocenters. The molecule has 4 rings (SSSR count). The molecule has 0 radical (unpaired) electrons. The zero-order chi connectivity index (χ0) is 19.9. The van der Waals surface area contributed by atoms with Gasteiger partial charge in [-0.3, -0.25) is 14.6 Å². The molecule has 0 spiro atoms. The van der Waals surface area contributed by atoms with Crippen LogP contribution in [0.25, 0.3) is 0 Å². The van der Waals surface area contributed by atoms with E-state index in [4.69, 9.17) is 4.42 Å². The number of hydrogen-bond acceptors (Lipinski definition) is 4. The number of furan rings is 1. The number of hydrogen-bond donors (Lipinski definition) is 1. The van der Waals surface area contributed by atoms with Gasteiger partial charge in [-0.2, -0.15) is 0 Å². The van der Waals surface area contributed by atoms with Crippen LogP contribution in [0.5, 0.6) is 0 Å². The first-order valence-electron chi connectivity index (χ1n) is 11.1. The second-order valence-corrected chi connectivity index (χ2v) is 8.57. The van der Waals surface area contributed by atoms with Crippen molar-refractivity contribution in [1.82, 2.24) is 9.80 Å². The zero-order valence-electron chi connectivity index (χ0n) is 17.3. The summed E-state index contributed by atoms with van der Waals surface area (Å²) in [5.74, 6) is 1.96. The fourth-order valence-electron chi connectivity index (χ4n) is 4.54. The second kappa shape index (κ2) is 10.1. The molecule has 1 saturated heterocycles. The number of rotatable bonds is 8. The molecule has 1 amide bonds. The number of benzene rings is 1. The molecule has 1 N–H and O–H groups in total. The van der Waals surface area contributed by atoms with Gasteiger partial charge in [0.2, 0.25) is 5.91 Å². The molecule has 1 aromatic carbocycles. The van der Waals surface area contributed by atoms with E-state index in [0.29, 0.717) is 6.42 Å². The molecule has 2 heterocycles. The van der Waals surface area contributed by atoms with Crippen molar-refractivity contribution in [3.05, 3.63) is 54.0 Å². The van der Waals surface area contributed by atoms with E-state index in [1.807, 2.05) is 24.3 Å². The Hall–Kier alpha value is -2.11. The Bertz CT molecular complexity index is 743. The van der Waals surface area contributed by atoms with Gasteiger partial charge in [-0.05, 0) is 42.2 Å². The van der Waals surface area contributed by atoms with Gasteiger partial charge in [0.05, 0.1) is 12.8 Å². The first kappa shape index (κ1) is 20.2. The maximum atomic E-state index is 12.2. The first-order chi connectivity index (χ1) is 14.2. The van der Waals surface area contributed by atoms with E-state index < -0.39 is 0 Å². The van der Waals surface area contributed by atoms with Crippen molar-refractivity contribution >= 4 is 11.6 Å². The first-order valence-corrected chi connectivity index (χ1v) is 11.1. The van der Waals surface area contributed by atoms with Crippen LogP contribution in [-0.2, 0) is 17.9 Å². The summed E-state index contributed by atoms with van der Waals surface area (Å²) in [6.07, 6.45) is 8.72. The predicted octanol–water partition coefficient (Wildman–Crippen LogP) is 4.51. The van der Waals surface area contributed by atoms with E-state index in [-0.39, 0.29) is 5.91 Å². The van der Waals surface area contributed by atoms with E-state index in [1.165, 1.54) is 31.2 Å². The normalized spacial score (nSPS) is 18.9. The number of anilines is 1. The summed E-state index contributed by atoms with van der Waals surface area (Å²) in [4.78, 5) is 17.1. The predicted molar refractivity (Wildman–Crippen MR) is 116 cm³/mol. The fraction of sp³-hybridized carbons (Fsp3) is 0.542. The molecule has 1 saturated carbocycles. The van der Waals surface area contributed by atoms with E-state index in [0.717, 1.165) is 63.1 Å². The highest BCUT2D eigenvalue weighted by atomic mass is 16.3. The quantitative estimate of drug-likeness (QED) is 0.715. The fourth-order valence-corrected chi connectivity index (χ4v) is 4.54. The Morgan fingerprint density at radius 2 is 1.66 bits per heavy atom. The highest BCUT2D eigenvalue weighted by molar-refractivity contribution is 5.90. The number of amides is 1. The molecule has 2 fully saturated rings. The molecule has 0 unspecified atom stereocenters. The van der Waals surface area contributed by atoms with Crippen LogP contribution >= 0.6 is 0 Å². The van der Waals surface area contributed by atoms with E-state index in [9.17, 15) is 4.79 Å². The van der Waals surface area contributed by atoms with Crippen molar-refractivity contribution < 1.29 is 9.21 Å².